The molecule has 3 unspecified atom stereocenters. The first kappa shape index (κ1) is 76.7. The van der Waals surface area contributed by atoms with Crippen LogP contribution in [0.5, 0.6) is 0 Å². The first-order valence-corrected chi connectivity index (χ1v) is 34.0. The number of ether oxygens (including phenoxy) is 3. The molecule has 0 aromatic rings. The van der Waals surface area contributed by atoms with Crippen molar-refractivity contribution in [2.75, 3.05) is 26.4 Å². The van der Waals surface area contributed by atoms with Crippen LogP contribution in [-0.2, 0) is 42.2 Å². The molecule has 0 radical (unpaired) electrons. The van der Waals surface area contributed by atoms with Gasteiger partial charge in [0.2, 0.25) is 0 Å². The first-order valence-electron chi connectivity index (χ1n) is 32.5. The summed E-state index contributed by atoms with van der Waals surface area (Å²) in [5, 5.41) is 9.86. The topological polar surface area (TPSA) is 155 Å². The Morgan fingerprint density at radius 3 is 1.04 bits per heavy atom. The molecule has 0 amide bonds. The fraction of sp³-hybridized carbons (Fsp3) is 0.750. The highest BCUT2D eigenvalue weighted by Crippen LogP contribution is 2.43. The predicted octanol–water partition coefficient (Wildman–Crippen LogP) is 19.8. The number of hydrogen-bond donors (Lipinski definition) is 2. The standard InChI is InChI=1S/C68H119O11P/c1-4-7-10-13-16-19-22-25-28-31-32-35-38-41-44-47-50-53-56-59-68(72)79-65(61-75-66(70)57-54-51-48-45-42-39-36-33-29-26-23-20-17-14-11-8-5-2)63-77-80(73,74)76-62-64(60-69)78-67(71)58-55-52-49-46-43-40-37-34-30-27-24-21-18-15-12-9-6-3/h8,11,16-17,19-20,25-30,36,39,64-65,69H,4-7,9-10,12-15,18,21-24,31-35,37-38,40-63H2,1-3H3,(H,73,74)/b11-8-,19-16-,20-17-,28-25-,29-26-,30-27-,39-36-. The van der Waals surface area contributed by atoms with Gasteiger partial charge in [-0.15, -0.1) is 0 Å². The number of carbonyl (C=O) groups is 3. The largest absolute Gasteiger partial charge is 0.472 e. The zero-order valence-corrected chi connectivity index (χ0v) is 52.2. The zero-order valence-electron chi connectivity index (χ0n) is 51.3. The van der Waals surface area contributed by atoms with Crippen LogP contribution in [0.2, 0.25) is 0 Å². The van der Waals surface area contributed by atoms with Crippen LogP contribution in [0.4, 0.5) is 0 Å². The van der Waals surface area contributed by atoms with E-state index in [2.05, 4.69) is 106 Å². The average molecular weight is 1140 g/mol. The summed E-state index contributed by atoms with van der Waals surface area (Å²) in [6, 6.07) is 0. The van der Waals surface area contributed by atoms with E-state index >= 15 is 0 Å². The highest BCUT2D eigenvalue weighted by Gasteiger charge is 2.28. The second-order valence-electron chi connectivity index (χ2n) is 21.5. The van der Waals surface area contributed by atoms with Gasteiger partial charge in [0.15, 0.2) is 6.10 Å². The van der Waals surface area contributed by atoms with Crippen molar-refractivity contribution < 1.29 is 52.2 Å². The fourth-order valence-electron chi connectivity index (χ4n) is 8.84. The summed E-state index contributed by atoms with van der Waals surface area (Å²) in [5.41, 5.74) is 0. The Labute approximate surface area is 490 Å². The summed E-state index contributed by atoms with van der Waals surface area (Å²) in [7, 11) is -4.76. The summed E-state index contributed by atoms with van der Waals surface area (Å²) in [4.78, 5) is 48.8. The normalized spacial score (nSPS) is 13.8. The second-order valence-corrected chi connectivity index (χ2v) is 23.0. The van der Waals surface area contributed by atoms with Gasteiger partial charge in [0, 0.05) is 19.3 Å². The lowest BCUT2D eigenvalue weighted by Crippen LogP contribution is -2.30. The number of phosphoric acid groups is 1. The molecule has 0 spiro atoms. The average Bonchev–Trinajstić information content (AvgIpc) is 3.45. The summed E-state index contributed by atoms with van der Waals surface area (Å²) in [5.74, 6) is -1.49. The van der Waals surface area contributed by atoms with E-state index < -0.39 is 57.8 Å². The molecule has 3 atom stereocenters. The maximum atomic E-state index is 13.0. The Morgan fingerprint density at radius 1 is 0.362 bits per heavy atom. The Hall–Kier alpha value is -3.34. The van der Waals surface area contributed by atoms with Crippen LogP contribution in [0.3, 0.4) is 0 Å². The number of phosphoric ester groups is 1. The van der Waals surface area contributed by atoms with E-state index in [4.69, 9.17) is 23.3 Å². The number of aliphatic hydroxyl groups excluding tert-OH is 1. The third-order valence-corrected chi connectivity index (χ3v) is 14.7. The van der Waals surface area contributed by atoms with Crippen LogP contribution < -0.4 is 0 Å². The molecule has 2 N–H and O–H groups in total. The fourth-order valence-corrected chi connectivity index (χ4v) is 9.63. The van der Waals surface area contributed by atoms with Gasteiger partial charge in [-0.1, -0.05) is 241 Å². The number of hydrogen-bond acceptors (Lipinski definition) is 10. The number of unbranched alkanes of at least 4 members (excludes halogenated alkanes) is 29. The van der Waals surface area contributed by atoms with Gasteiger partial charge in [-0.2, -0.15) is 0 Å². The van der Waals surface area contributed by atoms with Crippen molar-refractivity contribution in [3.05, 3.63) is 85.1 Å². The minimum absolute atomic E-state index is 0.155. The monoisotopic (exact) mass is 1140 g/mol. The highest BCUT2D eigenvalue weighted by atomic mass is 31.2. The van der Waals surface area contributed by atoms with E-state index in [-0.39, 0.29) is 25.9 Å². The maximum absolute atomic E-state index is 13.0. The van der Waals surface area contributed by atoms with Crippen molar-refractivity contribution in [1.82, 2.24) is 0 Å². The smallest absolute Gasteiger partial charge is 0.462 e. The van der Waals surface area contributed by atoms with Crippen LogP contribution in [0, 0.1) is 0 Å². The van der Waals surface area contributed by atoms with Crippen molar-refractivity contribution in [3.63, 3.8) is 0 Å². The van der Waals surface area contributed by atoms with E-state index in [1.807, 2.05) is 0 Å². The number of carbonyl (C=O) groups excluding carboxylic acids is 3. The lowest BCUT2D eigenvalue weighted by atomic mass is 10.1. The van der Waals surface area contributed by atoms with E-state index in [1.165, 1.54) is 122 Å². The van der Waals surface area contributed by atoms with Gasteiger partial charge >= 0.3 is 25.7 Å². The van der Waals surface area contributed by atoms with Gasteiger partial charge in [0.25, 0.3) is 0 Å². The first-order chi connectivity index (χ1) is 39.2. The molecule has 0 aliphatic heterocycles. The molecule has 0 saturated heterocycles. The van der Waals surface area contributed by atoms with Gasteiger partial charge in [-0.25, -0.2) is 4.57 Å². The quantitative estimate of drug-likeness (QED) is 0.0197. The molecule has 0 bridgehead atoms. The van der Waals surface area contributed by atoms with Crippen molar-refractivity contribution in [2.45, 2.75) is 303 Å². The Kier molecular flexibility index (Phi) is 59.1. The summed E-state index contributed by atoms with van der Waals surface area (Å²) in [6.07, 6.45) is 72.4. The van der Waals surface area contributed by atoms with Gasteiger partial charge in [-0.05, 0) is 116 Å². The van der Waals surface area contributed by atoms with Gasteiger partial charge in [0.05, 0.1) is 19.8 Å². The van der Waals surface area contributed by atoms with Crippen molar-refractivity contribution in [2.24, 2.45) is 0 Å². The van der Waals surface area contributed by atoms with Crippen LogP contribution >= 0.6 is 7.82 Å². The molecule has 0 aromatic carbocycles. The SMILES string of the molecule is CC/C=C\C/C=C\C/C=C\C/C=C\CCCCCCC(=O)OCC(COP(=O)(O)OCC(CO)OC(=O)CCCCCCCCC/C=C\CCCCCCCC)OC(=O)CCCCCCCCCCC/C=C\C/C=C\CCCCC. The van der Waals surface area contributed by atoms with Gasteiger partial charge in [-0.3, -0.25) is 23.4 Å². The lowest BCUT2D eigenvalue weighted by Gasteiger charge is -2.21. The lowest BCUT2D eigenvalue weighted by molar-refractivity contribution is -0.161. The van der Waals surface area contributed by atoms with E-state index in [0.717, 1.165) is 109 Å². The summed E-state index contributed by atoms with van der Waals surface area (Å²) in [6.45, 7) is 4.50. The van der Waals surface area contributed by atoms with Gasteiger partial charge < -0.3 is 24.2 Å². The molecular weight excluding hydrogens is 1020 g/mol. The minimum Gasteiger partial charge on any atom is -0.462 e. The van der Waals surface area contributed by atoms with Crippen LogP contribution in [0.1, 0.15) is 290 Å². The molecule has 0 saturated carbocycles. The number of allylic oxidation sites excluding steroid dienone is 14. The third kappa shape index (κ3) is 59.3. The maximum Gasteiger partial charge on any atom is 0.472 e. The van der Waals surface area contributed by atoms with Crippen LogP contribution in [-0.4, -0.2) is 66.5 Å². The molecule has 462 valence electrons. The van der Waals surface area contributed by atoms with E-state index in [1.54, 1.807) is 0 Å². The number of rotatable bonds is 60. The molecule has 11 nitrogen and oxygen atoms in total. The highest BCUT2D eigenvalue weighted by molar-refractivity contribution is 7.47. The van der Waals surface area contributed by atoms with Crippen LogP contribution in [0.15, 0.2) is 85.1 Å². The molecule has 0 rings (SSSR count). The van der Waals surface area contributed by atoms with E-state index in [9.17, 15) is 28.9 Å². The van der Waals surface area contributed by atoms with Crippen molar-refractivity contribution in [1.29, 1.82) is 0 Å². The molecule has 80 heavy (non-hydrogen) atoms. The predicted molar refractivity (Wildman–Crippen MR) is 334 cm³/mol. The van der Waals surface area contributed by atoms with E-state index in [0.29, 0.717) is 19.3 Å². The van der Waals surface area contributed by atoms with Crippen LogP contribution in [0.25, 0.3) is 0 Å². The number of esters is 3. The molecular formula is C68H119O11P. The Bertz CT molecular complexity index is 1670. The molecule has 12 heteroatoms. The molecule has 0 aromatic heterocycles. The Morgan fingerprint density at radius 2 is 0.650 bits per heavy atom. The minimum atomic E-state index is -4.76. The van der Waals surface area contributed by atoms with Crippen molar-refractivity contribution >= 4 is 25.7 Å². The second kappa shape index (κ2) is 61.7. The number of aliphatic hydroxyl groups is 1. The molecule has 0 fully saturated rings. The molecule has 0 aliphatic rings. The summed E-state index contributed by atoms with van der Waals surface area (Å²) >= 11 is 0. The molecule has 0 heterocycles. The third-order valence-electron chi connectivity index (χ3n) is 13.8. The Balaban J connectivity index is 4.73. The van der Waals surface area contributed by atoms with Gasteiger partial charge in [0.1, 0.15) is 12.7 Å². The summed E-state index contributed by atoms with van der Waals surface area (Å²) < 4.78 is 39.7. The zero-order chi connectivity index (χ0) is 58.3. The van der Waals surface area contributed by atoms with Crippen molar-refractivity contribution in [3.8, 4) is 0 Å². The molecule has 0 aliphatic carbocycles.